The summed E-state index contributed by atoms with van der Waals surface area (Å²) in [6, 6.07) is 4.00. The Hall–Kier alpha value is -1.38. The highest BCUT2D eigenvalue weighted by Gasteiger charge is 1.93. The molecule has 0 bridgehead atoms. The molecule has 0 aliphatic rings. The predicted octanol–water partition coefficient (Wildman–Crippen LogP) is 3.52. The zero-order chi connectivity index (χ0) is 12.3. The van der Waals surface area contributed by atoms with Crippen LogP contribution in [-0.4, -0.2) is 10.7 Å². The molecular weight excluding hydrogens is 210 g/mol. The lowest BCUT2D eigenvalue weighted by Gasteiger charge is -2.03. The van der Waals surface area contributed by atoms with E-state index in [0.717, 1.165) is 13.0 Å². The van der Waals surface area contributed by atoms with Gasteiger partial charge in [0, 0.05) is 18.1 Å². The number of unbranched alkanes of at least 4 members (excludes halogenated alkanes) is 3. The first kappa shape index (κ1) is 13.7. The molecule has 0 radical (unpaired) electrons. The fourth-order valence-electron chi connectivity index (χ4n) is 1.63. The molecule has 0 aromatic carbocycles. The van der Waals surface area contributed by atoms with Crippen molar-refractivity contribution in [1.82, 2.24) is 10.4 Å². The maximum absolute atomic E-state index is 4.36. The minimum absolute atomic E-state index is 0.773. The van der Waals surface area contributed by atoms with Crippen molar-refractivity contribution >= 4 is 5.71 Å². The number of nitrogens with zero attached hydrogens (tertiary/aromatic N) is 2. The highest BCUT2D eigenvalue weighted by atomic mass is 15.3. The van der Waals surface area contributed by atoms with Crippen LogP contribution in [0.3, 0.4) is 0 Å². The Morgan fingerprint density at radius 1 is 1.24 bits per heavy atom. The summed E-state index contributed by atoms with van der Waals surface area (Å²) >= 11 is 0. The number of nitrogens with one attached hydrogen (secondary N) is 1. The topological polar surface area (TPSA) is 37.3 Å². The van der Waals surface area contributed by atoms with E-state index in [9.17, 15) is 0 Å². The molecule has 1 N–H and O–H groups in total. The number of aromatic nitrogens is 1. The van der Waals surface area contributed by atoms with E-state index >= 15 is 0 Å². The highest BCUT2D eigenvalue weighted by Crippen LogP contribution is 2.03. The van der Waals surface area contributed by atoms with Crippen molar-refractivity contribution in [3.63, 3.8) is 0 Å². The summed E-state index contributed by atoms with van der Waals surface area (Å²) in [6.07, 6.45) is 9.89. The number of pyridine rings is 1. The smallest absolute Gasteiger partial charge is 0.0581 e. The molecule has 1 rings (SSSR count). The van der Waals surface area contributed by atoms with Gasteiger partial charge in [-0.25, -0.2) is 0 Å². The van der Waals surface area contributed by atoms with Gasteiger partial charge in [-0.3, -0.25) is 4.98 Å². The SMILES string of the molecule is CCCCCCC(C)=NNCc1ccncc1. The molecule has 1 heterocycles. The summed E-state index contributed by atoms with van der Waals surface area (Å²) in [6.45, 7) is 5.09. The Morgan fingerprint density at radius 3 is 2.71 bits per heavy atom. The van der Waals surface area contributed by atoms with Gasteiger partial charge in [-0.1, -0.05) is 26.2 Å². The van der Waals surface area contributed by atoms with Crippen LogP contribution < -0.4 is 5.43 Å². The Kier molecular flexibility index (Phi) is 7.03. The van der Waals surface area contributed by atoms with Gasteiger partial charge in [0.25, 0.3) is 0 Å². The molecule has 1 aromatic rings. The summed E-state index contributed by atoms with van der Waals surface area (Å²) in [7, 11) is 0. The highest BCUT2D eigenvalue weighted by molar-refractivity contribution is 5.81. The molecule has 0 aliphatic heterocycles. The number of hydrogen-bond donors (Lipinski definition) is 1. The van der Waals surface area contributed by atoms with Gasteiger partial charge in [-0.2, -0.15) is 5.10 Å². The second-order valence-corrected chi connectivity index (χ2v) is 4.35. The molecule has 3 heteroatoms. The minimum atomic E-state index is 0.773. The number of rotatable bonds is 8. The fourth-order valence-corrected chi connectivity index (χ4v) is 1.63. The van der Waals surface area contributed by atoms with Gasteiger partial charge in [-0.15, -0.1) is 0 Å². The van der Waals surface area contributed by atoms with Crippen LogP contribution >= 0.6 is 0 Å². The first-order chi connectivity index (χ1) is 8.33. The van der Waals surface area contributed by atoms with Crippen molar-refractivity contribution in [1.29, 1.82) is 0 Å². The minimum Gasteiger partial charge on any atom is -0.306 e. The normalized spacial score (nSPS) is 11.5. The van der Waals surface area contributed by atoms with Crippen LogP contribution in [0.25, 0.3) is 0 Å². The van der Waals surface area contributed by atoms with Crippen LogP contribution in [-0.2, 0) is 6.54 Å². The molecule has 0 fully saturated rings. The van der Waals surface area contributed by atoms with E-state index in [-0.39, 0.29) is 0 Å². The maximum atomic E-state index is 4.36. The maximum Gasteiger partial charge on any atom is 0.0581 e. The Morgan fingerprint density at radius 2 is 2.00 bits per heavy atom. The van der Waals surface area contributed by atoms with E-state index < -0.39 is 0 Å². The standard InChI is InChI=1S/C14H23N3/c1-3-4-5-6-7-13(2)17-16-12-14-8-10-15-11-9-14/h8-11,16H,3-7,12H2,1-2H3. The van der Waals surface area contributed by atoms with Crippen LogP contribution in [0.2, 0.25) is 0 Å². The van der Waals surface area contributed by atoms with Gasteiger partial charge in [0.05, 0.1) is 6.54 Å². The first-order valence-corrected chi connectivity index (χ1v) is 6.48. The lowest BCUT2D eigenvalue weighted by Crippen LogP contribution is -2.08. The monoisotopic (exact) mass is 233 g/mol. The predicted molar refractivity (Wildman–Crippen MR) is 72.9 cm³/mol. The first-order valence-electron chi connectivity index (χ1n) is 6.48. The van der Waals surface area contributed by atoms with Gasteiger partial charge in [-0.05, 0) is 37.5 Å². The molecule has 3 nitrogen and oxygen atoms in total. The molecule has 0 saturated carbocycles. The average molecular weight is 233 g/mol. The Balaban J connectivity index is 2.15. The molecule has 17 heavy (non-hydrogen) atoms. The summed E-state index contributed by atoms with van der Waals surface area (Å²) in [5, 5.41) is 4.36. The van der Waals surface area contributed by atoms with E-state index in [2.05, 4.69) is 29.4 Å². The van der Waals surface area contributed by atoms with Gasteiger partial charge in [0.15, 0.2) is 0 Å². The molecule has 0 unspecified atom stereocenters. The molecule has 1 aromatic heterocycles. The fraction of sp³-hybridized carbons (Fsp3) is 0.571. The van der Waals surface area contributed by atoms with E-state index in [1.165, 1.54) is 37.0 Å². The number of hydrazone groups is 1. The van der Waals surface area contributed by atoms with Crippen LogP contribution in [0.15, 0.2) is 29.6 Å². The van der Waals surface area contributed by atoms with Crippen molar-refractivity contribution in [2.75, 3.05) is 0 Å². The molecule has 0 saturated heterocycles. The van der Waals surface area contributed by atoms with Gasteiger partial charge < -0.3 is 5.43 Å². The van der Waals surface area contributed by atoms with Crippen molar-refractivity contribution < 1.29 is 0 Å². The van der Waals surface area contributed by atoms with Crippen molar-refractivity contribution in [3.8, 4) is 0 Å². The van der Waals surface area contributed by atoms with E-state index in [1.807, 2.05) is 12.1 Å². The summed E-state index contributed by atoms with van der Waals surface area (Å²) < 4.78 is 0. The summed E-state index contributed by atoms with van der Waals surface area (Å²) in [5.41, 5.74) is 5.50. The van der Waals surface area contributed by atoms with Crippen LogP contribution in [0, 0.1) is 0 Å². The second kappa shape index (κ2) is 8.74. The lowest BCUT2D eigenvalue weighted by molar-refractivity contribution is 0.675. The van der Waals surface area contributed by atoms with Crippen molar-refractivity contribution in [3.05, 3.63) is 30.1 Å². The van der Waals surface area contributed by atoms with Gasteiger partial charge >= 0.3 is 0 Å². The molecule has 0 amide bonds. The van der Waals surface area contributed by atoms with Crippen LogP contribution in [0.1, 0.15) is 51.5 Å². The third-order valence-corrected chi connectivity index (χ3v) is 2.69. The van der Waals surface area contributed by atoms with E-state index in [4.69, 9.17) is 0 Å². The molecule has 0 spiro atoms. The van der Waals surface area contributed by atoms with Gasteiger partial charge in [0.1, 0.15) is 0 Å². The van der Waals surface area contributed by atoms with E-state index in [1.54, 1.807) is 12.4 Å². The largest absolute Gasteiger partial charge is 0.306 e. The van der Waals surface area contributed by atoms with Crippen LogP contribution in [0.4, 0.5) is 0 Å². The number of hydrogen-bond acceptors (Lipinski definition) is 3. The Bertz CT molecular complexity index is 319. The molecular formula is C14H23N3. The average Bonchev–Trinajstić information content (AvgIpc) is 2.36. The third-order valence-electron chi connectivity index (χ3n) is 2.69. The zero-order valence-corrected chi connectivity index (χ0v) is 10.9. The molecule has 94 valence electrons. The van der Waals surface area contributed by atoms with Crippen molar-refractivity contribution in [2.24, 2.45) is 5.10 Å². The van der Waals surface area contributed by atoms with Gasteiger partial charge in [0.2, 0.25) is 0 Å². The van der Waals surface area contributed by atoms with Crippen LogP contribution in [0.5, 0.6) is 0 Å². The zero-order valence-electron chi connectivity index (χ0n) is 10.9. The summed E-state index contributed by atoms with van der Waals surface area (Å²) in [5.74, 6) is 0. The van der Waals surface area contributed by atoms with E-state index in [0.29, 0.717) is 0 Å². The third kappa shape index (κ3) is 6.72. The lowest BCUT2D eigenvalue weighted by atomic mass is 10.1. The van der Waals surface area contributed by atoms with Crippen molar-refractivity contribution in [2.45, 2.75) is 52.5 Å². The Labute approximate surface area is 104 Å². The second-order valence-electron chi connectivity index (χ2n) is 4.35. The molecule has 0 aliphatic carbocycles. The summed E-state index contributed by atoms with van der Waals surface area (Å²) in [4.78, 5) is 3.98. The molecule has 0 atom stereocenters. The quantitative estimate of drug-likeness (QED) is 0.424.